The number of hydrogen-bond acceptors (Lipinski definition) is 7. The molecule has 8 nitrogen and oxygen atoms in total. The van der Waals surface area contributed by atoms with Gasteiger partial charge in [0.1, 0.15) is 0 Å². The summed E-state index contributed by atoms with van der Waals surface area (Å²) in [6, 6.07) is 3.69. The lowest BCUT2D eigenvalue weighted by Gasteiger charge is -2.43. The van der Waals surface area contributed by atoms with Crippen molar-refractivity contribution >= 4 is 47.6 Å². The zero-order valence-corrected chi connectivity index (χ0v) is 24.0. The van der Waals surface area contributed by atoms with Gasteiger partial charge in [-0.05, 0) is 96.3 Å². The average Bonchev–Trinajstić information content (AvgIpc) is 3.09. The smallest absolute Gasteiger partial charge is 0.455 e. The van der Waals surface area contributed by atoms with E-state index in [9.17, 15) is 19.7 Å². The Bertz CT molecular complexity index is 1120. The lowest BCUT2D eigenvalue weighted by molar-refractivity contribution is -0.140. The number of methoxy groups -OCH3 is 2. The zero-order valence-electron chi connectivity index (χ0n) is 21.8. The number of fused-ring (bicyclic) bond motifs is 3. The molecule has 1 aliphatic carbocycles. The molecule has 10 heteroatoms. The standard InChI is InChI=1S/C27H35BINO7/c1-5-8-30-26(32)18-12-17(14-35-3)23-19(24(18)27(30)33)13-28(34)37-21(23)7-6-15(2)9-16-10-20(29)25(31)22(11-16)36-4/h9-11,18-19,21,24,31,34H,5-8,12-14H2,1-4H3/b15-9+/t18-,19+,21-,24-/m1/s1. The molecule has 0 aromatic heterocycles. The lowest BCUT2D eigenvalue weighted by atomic mass is 9.58. The van der Waals surface area contributed by atoms with Crippen LogP contribution in [0.15, 0.2) is 28.9 Å². The summed E-state index contributed by atoms with van der Waals surface area (Å²) >= 11 is 2.08. The second-order valence-electron chi connectivity index (χ2n) is 10.2. The molecule has 2 amide bonds. The summed E-state index contributed by atoms with van der Waals surface area (Å²) in [4.78, 5) is 27.9. The van der Waals surface area contributed by atoms with E-state index in [1.54, 1.807) is 13.2 Å². The average molecular weight is 623 g/mol. The normalized spacial score (nSPS) is 26.1. The van der Waals surface area contributed by atoms with Crippen LogP contribution >= 0.6 is 22.6 Å². The SMILES string of the molecule is CCCN1C(=O)[C@@H]2[C@@H](CC(COC)=C3[C@@H](CC/C(C)=C/c4cc(I)c(O)c(OC)c4)OB(O)C[C@@H]32)C1=O. The summed E-state index contributed by atoms with van der Waals surface area (Å²) in [7, 11) is 2.17. The fourth-order valence-corrected chi connectivity index (χ4v) is 6.75. The first kappa shape index (κ1) is 28.1. The van der Waals surface area contributed by atoms with Crippen LogP contribution in [0.4, 0.5) is 0 Å². The third-order valence-corrected chi connectivity index (χ3v) is 8.47. The number of hydrogen-bond donors (Lipinski definition) is 2. The van der Waals surface area contributed by atoms with Gasteiger partial charge < -0.3 is 24.3 Å². The summed E-state index contributed by atoms with van der Waals surface area (Å²) in [6.45, 7) is 4.80. The van der Waals surface area contributed by atoms with Crippen LogP contribution in [-0.2, 0) is 19.0 Å². The fraction of sp³-hybridized carbons (Fsp3) is 0.556. The summed E-state index contributed by atoms with van der Waals surface area (Å²) in [5.41, 5.74) is 4.07. The first-order chi connectivity index (χ1) is 17.7. The maximum atomic E-state index is 13.3. The number of carbonyl (C=O) groups is 2. The van der Waals surface area contributed by atoms with Crippen LogP contribution in [0.2, 0.25) is 6.32 Å². The van der Waals surface area contributed by atoms with E-state index in [0.29, 0.717) is 48.1 Å². The molecule has 2 N–H and O–H groups in total. The van der Waals surface area contributed by atoms with Crippen LogP contribution < -0.4 is 4.74 Å². The molecule has 200 valence electrons. The Morgan fingerprint density at radius 3 is 2.70 bits per heavy atom. The molecular formula is C27H35BINO7. The van der Waals surface area contributed by atoms with Gasteiger partial charge in [0.15, 0.2) is 11.5 Å². The third kappa shape index (κ3) is 5.62. The number of imide groups is 1. The third-order valence-electron chi connectivity index (χ3n) is 7.65. The van der Waals surface area contributed by atoms with E-state index < -0.39 is 19.0 Å². The quantitative estimate of drug-likeness (QED) is 0.185. The number of nitrogens with zero attached hydrogens (tertiary/aromatic N) is 1. The molecule has 1 aromatic carbocycles. The number of likely N-dealkylation sites (tertiary alicyclic amines) is 1. The Kier molecular flexibility index (Phi) is 9.03. The highest BCUT2D eigenvalue weighted by Gasteiger charge is 2.57. The number of benzene rings is 1. The van der Waals surface area contributed by atoms with Crippen molar-refractivity contribution in [1.29, 1.82) is 0 Å². The minimum atomic E-state index is -0.989. The van der Waals surface area contributed by atoms with Gasteiger partial charge in [-0.25, -0.2) is 0 Å². The Morgan fingerprint density at radius 2 is 2.03 bits per heavy atom. The van der Waals surface area contributed by atoms with E-state index in [1.165, 1.54) is 12.0 Å². The Morgan fingerprint density at radius 1 is 1.27 bits per heavy atom. The van der Waals surface area contributed by atoms with Crippen molar-refractivity contribution < 1.29 is 33.8 Å². The predicted octanol–water partition coefficient (Wildman–Crippen LogP) is 4.04. The molecule has 2 saturated heterocycles. The molecule has 0 bridgehead atoms. The monoisotopic (exact) mass is 623 g/mol. The highest BCUT2D eigenvalue weighted by molar-refractivity contribution is 14.1. The van der Waals surface area contributed by atoms with Gasteiger partial charge >= 0.3 is 7.12 Å². The number of rotatable bonds is 9. The molecule has 0 unspecified atom stereocenters. The molecule has 2 heterocycles. The Labute approximate surface area is 232 Å². The molecule has 37 heavy (non-hydrogen) atoms. The van der Waals surface area contributed by atoms with Gasteiger partial charge in [-0.15, -0.1) is 0 Å². The van der Waals surface area contributed by atoms with Crippen molar-refractivity contribution in [2.75, 3.05) is 27.4 Å². The van der Waals surface area contributed by atoms with Crippen molar-refractivity contribution in [2.45, 2.75) is 52.0 Å². The zero-order chi connectivity index (χ0) is 26.9. The minimum absolute atomic E-state index is 0.0974. The number of carbonyl (C=O) groups excluding carboxylic acids is 2. The molecule has 4 rings (SSSR count). The maximum Gasteiger partial charge on any atom is 0.455 e. The highest BCUT2D eigenvalue weighted by Crippen LogP contribution is 2.50. The molecule has 2 aliphatic heterocycles. The van der Waals surface area contributed by atoms with Crippen molar-refractivity contribution in [1.82, 2.24) is 4.90 Å². The number of ether oxygens (including phenoxy) is 2. The summed E-state index contributed by atoms with van der Waals surface area (Å²) in [6.07, 6.45) is 4.54. The summed E-state index contributed by atoms with van der Waals surface area (Å²) in [5, 5.41) is 20.8. The van der Waals surface area contributed by atoms with Crippen LogP contribution in [0.25, 0.3) is 6.08 Å². The second kappa shape index (κ2) is 11.9. The number of allylic oxidation sites excluding steroid dienone is 1. The topological polar surface area (TPSA) is 106 Å². The lowest BCUT2D eigenvalue weighted by Crippen LogP contribution is -2.46. The van der Waals surface area contributed by atoms with Crippen molar-refractivity contribution in [2.24, 2.45) is 17.8 Å². The van der Waals surface area contributed by atoms with Gasteiger partial charge in [0.25, 0.3) is 0 Å². The van der Waals surface area contributed by atoms with E-state index in [0.717, 1.165) is 28.7 Å². The van der Waals surface area contributed by atoms with Crippen LogP contribution in [0, 0.1) is 21.3 Å². The number of aromatic hydroxyl groups is 1. The van der Waals surface area contributed by atoms with Crippen LogP contribution in [-0.4, -0.2) is 67.4 Å². The van der Waals surface area contributed by atoms with Crippen LogP contribution in [0.3, 0.4) is 0 Å². The predicted molar refractivity (Wildman–Crippen MR) is 149 cm³/mol. The number of halogens is 1. The first-order valence-electron chi connectivity index (χ1n) is 12.8. The number of phenolic OH excluding ortho intramolecular Hbond substituents is 1. The molecular weight excluding hydrogens is 588 g/mol. The number of phenols is 1. The van der Waals surface area contributed by atoms with E-state index in [-0.39, 0.29) is 29.6 Å². The summed E-state index contributed by atoms with van der Waals surface area (Å²) in [5.74, 6) is -0.735. The van der Waals surface area contributed by atoms with Crippen LogP contribution in [0.1, 0.15) is 45.1 Å². The van der Waals surface area contributed by atoms with Gasteiger partial charge in [-0.3, -0.25) is 14.5 Å². The summed E-state index contributed by atoms with van der Waals surface area (Å²) < 4.78 is 17.5. The van der Waals surface area contributed by atoms with Crippen molar-refractivity contribution in [3.63, 3.8) is 0 Å². The van der Waals surface area contributed by atoms with Gasteiger partial charge in [0.2, 0.25) is 11.8 Å². The van der Waals surface area contributed by atoms with E-state index in [1.807, 2.05) is 26.0 Å². The van der Waals surface area contributed by atoms with E-state index in [4.69, 9.17) is 14.1 Å². The van der Waals surface area contributed by atoms with E-state index >= 15 is 0 Å². The molecule has 0 radical (unpaired) electrons. The van der Waals surface area contributed by atoms with Crippen molar-refractivity contribution in [3.05, 3.63) is 38.0 Å². The number of amides is 2. The maximum absolute atomic E-state index is 13.3. The van der Waals surface area contributed by atoms with Gasteiger partial charge in [-0.1, -0.05) is 18.6 Å². The Balaban J connectivity index is 1.59. The highest BCUT2D eigenvalue weighted by atomic mass is 127. The minimum Gasteiger partial charge on any atom is -0.504 e. The largest absolute Gasteiger partial charge is 0.504 e. The molecule has 3 aliphatic rings. The molecule has 4 atom stereocenters. The first-order valence-corrected chi connectivity index (χ1v) is 13.9. The second-order valence-corrected chi connectivity index (χ2v) is 11.3. The van der Waals surface area contributed by atoms with Gasteiger partial charge in [0.05, 0.1) is 35.2 Å². The van der Waals surface area contributed by atoms with Crippen molar-refractivity contribution in [3.8, 4) is 11.5 Å². The molecule has 2 fully saturated rings. The van der Waals surface area contributed by atoms with Gasteiger partial charge in [-0.2, -0.15) is 0 Å². The molecule has 0 saturated carbocycles. The Hall–Kier alpha value is -1.89. The molecule has 0 spiro atoms. The van der Waals surface area contributed by atoms with Crippen LogP contribution in [0.5, 0.6) is 11.5 Å². The fourth-order valence-electron chi connectivity index (χ4n) is 6.13. The van der Waals surface area contributed by atoms with Gasteiger partial charge in [0, 0.05) is 13.7 Å². The molecule has 1 aromatic rings. The van der Waals surface area contributed by atoms with E-state index in [2.05, 4.69) is 22.6 Å².